The maximum absolute atomic E-state index is 11.4. The zero-order valence-electron chi connectivity index (χ0n) is 9.07. The third-order valence-corrected chi connectivity index (χ3v) is 1.64. The quantitative estimate of drug-likeness (QED) is 0.414. The molecule has 1 aromatic carbocycles. The van der Waals surface area contributed by atoms with Crippen LogP contribution >= 0.6 is 0 Å². The van der Waals surface area contributed by atoms with Crippen LogP contribution in [-0.2, 0) is 14.3 Å². The Bertz CT molecular complexity index is 417. The summed E-state index contributed by atoms with van der Waals surface area (Å²) in [5, 5.41) is 0. The maximum atomic E-state index is 11.4. The van der Waals surface area contributed by atoms with E-state index in [4.69, 9.17) is 0 Å². The van der Waals surface area contributed by atoms with Crippen molar-refractivity contribution in [1.29, 1.82) is 0 Å². The van der Waals surface area contributed by atoms with Crippen molar-refractivity contribution in [2.45, 2.75) is 6.92 Å². The number of nitrogens with one attached hydrogen (secondary N) is 2. The first-order valence-electron chi connectivity index (χ1n) is 4.81. The van der Waals surface area contributed by atoms with Crippen LogP contribution in [0.1, 0.15) is 17.3 Å². The van der Waals surface area contributed by atoms with E-state index in [2.05, 4.69) is 16.9 Å². The molecular formula is C11H10N2O4. The Kier molecular flexibility index (Phi) is 4.51. The first-order valence-corrected chi connectivity index (χ1v) is 4.81. The summed E-state index contributed by atoms with van der Waals surface area (Å²) in [5.74, 6) is -2.70. The SMILES string of the molecule is CCOC(=O)C(=O)NNC(=O)c1c#cccc1. The Morgan fingerprint density at radius 3 is 2.71 bits per heavy atom. The second-order valence-electron chi connectivity index (χ2n) is 2.84. The molecule has 0 aliphatic carbocycles. The zero-order valence-corrected chi connectivity index (χ0v) is 9.07. The summed E-state index contributed by atoms with van der Waals surface area (Å²) in [5.41, 5.74) is 4.16. The molecule has 0 bridgehead atoms. The van der Waals surface area contributed by atoms with Crippen LogP contribution < -0.4 is 10.9 Å². The van der Waals surface area contributed by atoms with Crippen molar-refractivity contribution < 1.29 is 19.1 Å². The van der Waals surface area contributed by atoms with E-state index in [9.17, 15) is 14.4 Å². The Labute approximate surface area is 97.9 Å². The molecule has 2 N–H and O–H groups in total. The van der Waals surface area contributed by atoms with Crippen LogP contribution in [0.4, 0.5) is 0 Å². The van der Waals surface area contributed by atoms with Crippen molar-refractivity contribution in [2.24, 2.45) is 0 Å². The lowest BCUT2D eigenvalue weighted by Crippen LogP contribution is -2.45. The van der Waals surface area contributed by atoms with E-state index < -0.39 is 17.8 Å². The van der Waals surface area contributed by atoms with Gasteiger partial charge in [-0.2, -0.15) is 0 Å². The monoisotopic (exact) mass is 234 g/mol. The summed E-state index contributed by atoms with van der Waals surface area (Å²) in [6.07, 6.45) is 0. The molecule has 17 heavy (non-hydrogen) atoms. The Morgan fingerprint density at radius 1 is 1.35 bits per heavy atom. The predicted octanol–water partition coefficient (Wildman–Crippen LogP) is -0.389. The molecule has 0 radical (unpaired) electrons. The average molecular weight is 234 g/mol. The van der Waals surface area contributed by atoms with Crippen molar-refractivity contribution >= 4 is 17.8 Å². The molecule has 1 aromatic rings. The summed E-state index contributed by atoms with van der Waals surface area (Å²) in [6.45, 7) is 1.65. The van der Waals surface area contributed by atoms with Crippen molar-refractivity contribution in [3.8, 4) is 0 Å². The molecule has 0 atom stereocenters. The molecule has 1 rings (SSSR count). The summed E-state index contributed by atoms with van der Waals surface area (Å²) in [7, 11) is 0. The van der Waals surface area contributed by atoms with Gasteiger partial charge >= 0.3 is 11.9 Å². The molecule has 6 heteroatoms. The fourth-order valence-corrected chi connectivity index (χ4v) is 0.915. The Hall–Kier alpha value is -2.55. The van der Waals surface area contributed by atoms with E-state index in [1.165, 1.54) is 6.07 Å². The van der Waals surface area contributed by atoms with Crippen LogP contribution in [0.3, 0.4) is 0 Å². The highest BCUT2D eigenvalue weighted by Gasteiger charge is 2.15. The maximum Gasteiger partial charge on any atom is 0.398 e. The van der Waals surface area contributed by atoms with Crippen LogP contribution in [-0.4, -0.2) is 24.4 Å². The minimum absolute atomic E-state index is 0.0849. The summed E-state index contributed by atoms with van der Waals surface area (Å²) >= 11 is 0. The minimum Gasteiger partial charge on any atom is -0.459 e. The second-order valence-corrected chi connectivity index (χ2v) is 2.84. The van der Waals surface area contributed by atoms with Gasteiger partial charge in [0.1, 0.15) is 0 Å². The van der Waals surface area contributed by atoms with E-state index in [0.29, 0.717) is 0 Å². The van der Waals surface area contributed by atoms with Gasteiger partial charge in [0, 0.05) is 0 Å². The standard InChI is InChI=1S/C11H10N2O4/c1-2-17-11(16)10(15)13-12-9(14)8-6-4-3-5-7-8/h3-4,6H,2H2,1H3,(H,12,14)(H,13,15). The van der Waals surface area contributed by atoms with Crippen molar-refractivity contribution in [2.75, 3.05) is 6.61 Å². The van der Waals surface area contributed by atoms with Gasteiger partial charge < -0.3 is 4.74 Å². The smallest absolute Gasteiger partial charge is 0.398 e. The van der Waals surface area contributed by atoms with E-state index in [1.54, 1.807) is 19.1 Å². The number of hydrazine groups is 1. The zero-order chi connectivity index (χ0) is 12.7. The van der Waals surface area contributed by atoms with Gasteiger partial charge in [-0.3, -0.25) is 20.4 Å². The van der Waals surface area contributed by atoms with Gasteiger partial charge in [-0.25, -0.2) is 4.79 Å². The van der Waals surface area contributed by atoms with E-state index in [1.807, 2.05) is 10.9 Å². The highest BCUT2D eigenvalue weighted by atomic mass is 16.5. The van der Waals surface area contributed by atoms with Crippen LogP contribution in [0.15, 0.2) is 18.2 Å². The van der Waals surface area contributed by atoms with Gasteiger partial charge in [-0.05, 0) is 19.1 Å². The molecule has 0 unspecified atom stereocenters. The van der Waals surface area contributed by atoms with Gasteiger partial charge in [0.2, 0.25) is 0 Å². The van der Waals surface area contributed by atoms with Gasteiger partial charge in [-0.1, -0.05) is 18.2 Å². The average Bonchev–Trinajstić information content (AvgIpc) is 2.36. The van der Waals surface area contributed by atoms with Crippen molar-refractivity contribution in [3.63, 3.8) is 0 Å². The number of hydrogen-bond acceptors (Lipinski definition) is 4. The number of hydrogen-bond donors (Lipinski definition) is 2. The Balaban J connectivity index is 2.44. The number of carbonyl (C=O) groups is 3. The third-order valence-electron chi connectivity index (χ3n) is 1.64. The predicted molar refractivity (Wildman–Crippen MR) is 56.4 cm³/mol. The number of esters is 1. The van der Waals surface area contributed by atoms with Crippen LogP contribution in [0, 0.1) is 12.1 Å². The molecule has 0 aromatic heterocycles. The fourth-order valence-electron chi connectivity index (χ4n) is 0.915. The summed E-state index contributed by atoms with van der Waals surface area (Å²) in [6, 6.07) is 9.79. The van der Waals surface area contributed by atoms with Gasteiger partial charge in [0.05, 0.1) is 12.2 Å². The van der Waals surface area contributed by atoms with Crippen LogP contribution in [0.25, 0.3) is 0 Å². The van der Waals surface area contributed by atoms with Gasteiger partial charge in [0.15, 0.2) is 0 Å². The lowest BCUT2D eigenvalue weighted by molar-refractivity contribution is -0.154. The normalized spacial score (nSPS) is 8.76. The number of rotatable bonds is 2. The third kappa shape index (κ3) is 3.83. The topological polar surface area (TPSA) is 84.5 Å². The molecule has 0 saturated heterocycles. The first kappa shape index (κ1) is 12.5. The fraction of sp³-hybridized carbons (Fsp3) is 0.182. The molecule has 0 fully saturated rings. The van der Waals surface area contributed by atoms with Gasteiger partial charge in [0.25, 0.3) is 5.91 Å². The van der Waals surface area contributed by atoms with E-state index in [-0.39, 0.29) is 12.2 Å². The van der Waals surface area contributed by atoms with Gasteiger partial charge in [-0.15, -0.1) is 0 Å². The Morgan fingerprint density at radius 2 is 2.12 bits per heavy atom. The number of ether oxygens (including phenoxy) is 1. The van der Waals surface area contributed by atoms with Crippen LogP contribution in [0.5, 0.6) is 0 Å². The van der Waals surface area contributed by atoms with Crippen LogP contribution in [0.2, 0.25) is 0 Å². The minimum atomic E-state index is -1.06. The van der Waals surface area contributed by atoms with E-state index >= 15 is 0 Å². The molecule has 0 saturated carbocycles. The summed E-state index contributed by atoms with van der Waals surface area (Å²) in [4.78, 5) is 33.3. The van der Waals surface area contributed by atoms with E-state index in [0.717, 1.165) is 0 Å². The molecule has 0 heterocycles. The molecular weight excluding hydrogens is 224 g/mol. The lowest BCUT2D eigenvalue weighted by atomic mass is 10.2. The lowest BCUT2D eigenvalue weighted by Gasteiger charge is -2.05. The largest absolute Gasteiger partial charge is 0.459 e. The second kappa shape index (κ2) is 6.12. The highest BCUT2D eigenvalue weighted by molar-refractivity contribution is 6.32. The molecule has 0 aliphatic rings. The molecule has 0 aliphatic heterocycles. The summed E-state index contributed by atoms with van der Waals surface area (Å²) < 4.78 is 4.43. The molecule has 2 amide bonds. The van der Waals surface area contributed by atoms with Crippen molar-refractivity contribution in [3.05, 3.63) is 35.9 Å². The molecule has 0 spiro atoms. The molecule has 88 valence electrons. The number of carbonyl (C=O) groups excluding carboxylic acids is 3. The van der Waals surface area contributed by atoms with Crippen molar-refractivity contribution in [1.82, 2.24) is 10.9 Å². The number of amides is 2. The molecule has 6 nitrogen and oxygen atoms in total. The first-order chi connectivity index (χ1) is 8.15. The highest BCUT2D eigenvalue weighted by Crippen LogP contribution is 1.91.